The van der Waals surface area contributed by atoms with Crippen molar-refractivity contribution in [3.8, 4) is 0 Å². The molecule has 6 heteroatoms. The molecule has 0 radical (unpaired) electrons. The lowest BCUT2D eigenvalue weighted by Crippen LogP contribution is -2.51. The molecule has 4 aliphatic carbocycles. The lowest BCUT2D eigenvalue weighted by atomic mass is 9.47. The molecular formula is C34H49N3O3. The zero-order valence-electron chi connectivity index (χ0n) is 24.9. The second kappa shape index (κ2) is 10.9. The quantitative estimate of drug-likeness (QED) is 0.479. The maximum atomic E-state index is 13.2. The summed E-state index contributed by atoms with van der Waals surface area (Å²) in [7, 11) is 0. The summed E-state index contributed by atoms with van der Waals surface area (Å²) in [6, 6.07) is 3.59. The molecule has 2 heterocycles. The topological polar surface area (TPSA) is 73.7 Å². The molecule has 5 aliphatic rings. The van der Waals surface area contributed by atoms with Crippen LogP contribution in [0.4, 0.5) is 0 Å². The number of amides is 2. The van der Waals surface area contributed by atoms with Crippen molar-refractivity contribution in [2.75, 3.05) is 26.2 Å². The molecule has 0 bridgehead atoms. The van der Waals surface area contributed by atoms with Gasteiger partial charge in [-0.2, -0.15) is 0 Å². The number of hydrogen-bond acceptors (Lipinski definition) is 4. The summed E-state index contributed by atoms with van der Waals surface area (Å²) in [6.07, 6.45) is 16.8. The van der Waals surface area contributed by atoms with Crippen LogP contribution in [0.15, 0.2) is 36.2 Å². The van der Waals surface area contributed by atoms with E-state index in [0.717, 1.165) is 43.4 Å². The first-order chi connectivity index (χ1) is 19.2. The standard InChI is InChI=1S/C34H49N3O3/c1-23(6-11-31(39)36-17-19-37(20-18-36)32(40)24-5-4-16-35-22-24)28-9-10-29-27-8-7-25-21-26(38)12-14-33(25,2)30(27)13-15-34(28,29)3/h4-5,7,16,22-23,26-30,38H,6,8-15,17-21H2,1-3H3/t23?,26-,27-,28+,29-,30-,33-,34+/m0/s1. The Labute approximate surface area is 240 Å². The Morgan fingerprint density at radius 1 is 1.05 bits per heavy atom. The summed E-state index contributed by atoms with van der Waals surface area (Å²) in [4.78, 5) is 33.8. The monoisotopic (exact) mass is 547 g/mol. The molecule has 6 nitrogen and oxygen atoms in total. The lowest BCUT2D eigenvalue weighted by Gasteiger charge is -2.58. The third-order valence-electron chi connectivity index (χ3n) is 12.5. The zero-order valence-corrected chi connectivity index (χ0v) is 24.9. The van der Waals surface area contributed by atoms with Crippen molar-refractivity contribution >= 4 is 11.8 Å². The second-order valence-electron chi connectivity index (χ2n) is 14.3. The van der Waals surface area contributed by atoms with Crippen molar-refractivity contribution in [3.05, 3.63) is 41.7 Å². The first-order valence-electron chi connectivity index (χ1n) is 16.1. The number of fused-ring (bicyclic) bond motifs is 5. The predicted octanol–water partition coefficient (Wildman–Crippen LogP) is 5.72. The maximum Gasteiger partial charge on any atom is 0.255 e. The number of aliphatic hydroxyl groups excluding tert-OH is 1. The van der Waals surface area contributed by atoms with Crippen molar-refractivity contribution < 1.29 is 14.7 Å². The van der Waals surface area contributed by atoms with Crippen LogP contribution in [0.25, 0.3) is 0 Å². The molecule has 0 spiro atoms. The Bertz CT molecular complexity index is 1130. The maximum absolute atomic E-state index is 13.2. The van der Waals surface area contributed by atoms with Crippen LogP contribution < -0.4 is 0 Å². The Morgan fingerprint density at radius 3 is 2.58 bits per heavy atom. The average Bonchev–Trinajstić information content (AvgIpc) is 3.33. The smallest absolute Gasteiger partial charge is 0.255 e. The van der Waals surface area contributed by atoms with Crippen LogP contribution >= 0.6 is 0 Å². The molecule has 1 aliphatic heterocycles. The molecule has 1 N–H and O–H groups in total. The minimum absolute atomic E-state index is 0.00678. The molecular weight excluding hydrogens is 498 g/mol. The summed E-state index contributed by atoms with van der Waals surface area (Å²) in [6.45, 7) is 9.94. The highest BCUT2D eigenvalue weighted by Gasteiger charge is 2.59. The lowest BCUT2D eigenvalue weighted by molar-refractivity contribution is -0.133. The number of hydrogen-bond donors (Lipinski definition) is 1. The van der Waals surface area contributed by atoms with E-state index in [2.05, 4.69) is 31.8 Å². The van der Waals surface area contributed by atoms with Gasteiger partial charge in [0.2, 0.25) is 5.91 Å². The minimum Gasteiger partial charge on any atom is -0.393 e. The minimum atomic E-state index is -0.137. The summed E-state index contributed by atoms with van der Waals surface area (Å²) in [5, 5.41) is 10.3. The van der Waals surface area contributed by atoms with Crippen molar-refractivity contribution in [1.82, 2.24) is 14.8 Å². The van der Waals surface area contributed by atoms with Crippen LogP contribution in [-0.2, 0) is 4.79 Å². The van der Waals surface area contributed by atoms with Gasteiger partial charge >= 0.3 is 0 Å². The van der Waals surface area contributed by atoms with Gasteiger partial charge < -0.3 is 14.9 Å². The fraction of sp³-hybridized carbons (Fsp3) is 0.735. The summed E-state index contributed by atoms with van der Waals surface area (Å²) >= 11 is 0. The third-order valence-corrected chi connectivity index (χ3v) is 12.5. The zero-order chi connectivity index (χ0) is 28.1. The van der Waals surface area contributed by atoms with Crippen molar-refractivity contribution in [1.29, 1.82) is 0 Å². The van der Waals surface area contributed by atoms with Gasteiger partial charge in [0, 0.05) is 45.0 Å². The van der Waals surface area contributed by atoms with Gasteiger partial charge in [0.05, 0.1) is 11.7 Å². The van der Waals surface area contributed by atoms with Crippen LogP contribution in [-0.4, -0.2) is 64.0 Å². The predicted molar refractivity (Wildman–Crippen MR) is 156 cm³/mol. The Morgan fingerprint density at radius 2 is 1.82 bits per heavy atom. The molecule has 3 saturated carbocycles. The molecule has 40 heavy (non-hydrogen) atoms. The SMILES string of the molecule is CC(CCC(=O)N1CCN(C(=O)c2cccnc2)CC1)[C@H]1CC[C@H]2[C@@H]3CC=C4C[C@@H](O)CC[C@]4(C)[C@H]3CC[C@]12C. The molecule has 8 atom stereocenters. The van der Waals surface area contributed by atoms with Gasteiger partial charge in [-0.15, -0.1) is 0 Å². The van der Waals surface area contributed by atoms with Crippen LogP contribution in [0.3, 0.4) is 0 Å². The van der Waals surface area contributed by atoms with Gasteiger partial charge in [-0.05, 0) is 110 Å². The fourth-order valence-corrected chi connectivity index (χ4v) is 10.2. The van der Waals surface area contributed by atoms with Gasteiger partial charge in [0.25, 0.3) is 5.91 Å². The second-order valence-corrected chi connectivity index (χ2v) is 14.3. The Kier molecular flexibility index (Phi) is 7.60. The van der Waals surface area contributed by atoms with E-state index in [4.69, 9.17) is 0 Å². The molecule has 0 aromatic carbocycles. The number of aromatic nitrogens is 1. The van der Waals surface area contributed by atoms with Gasteiger partial charge in [0.15, 0.2) is 0 Å². The number of pyridine rings is 1. The normalized spacial score (nSPS) is 38.1. The molecule has 1 saturated heterocycles. The Balaban J connectivity index is 1.02. The average molecular weight is 548 g/mol. The van der Waals surface area contributed by atoms with E-state index in [9.17, 15) is 14.7 Å². The summed E-state index contributed by atoms with van der Waals surface area (Å²) in [5.74, 6) is 3.87. The number of piperazine rings is 1. The highest BCUT2D eigenvalue weighted by Crippen LogP contribution is 2.67. The third kappa shape index (κ3) is 4.82. The van der Waals surface area contributed by atoms with E-state index in [1.54, 1.807) is 30.1 Å². The molecule has 1 aromatic rings. The van der Waals surface area contributed by atoms with E-state index >= 15 is 0 Å². The molecule has 6 rings (SSSR count). The van der Waals surface area contributed by atoms with Gasteiger partial charge in [0.1, 0.15) is 0 Å². The van der Waals surface area contributed by atoms with Gasteiger partial charge in [-0.3, -0.25) is 14.6 Å². The van der Waals surface area contributed by atoms with Crippen LogP contribution in [0, 0.1) is 40.4 Å². The van der Waals surface area contributed by atoms with Crippen LogP contribution in [0.2, 0.25) is 0 Å². The summed E-state index contributed by atoms with van der Waals surface area (Å²) < 4.78 is 0. The number of carbonyl (C=O) groups is 2. The highest BCUT2D eigenvalue weighted by molar-refractivity contribution is 5.94. The van der Waals surface area contributed by atoms with Crippen LogP contribution in [0.5, 0.6) is 0 Å². The molecule has 2 amide bonds. The number of nitrogens with zero attached hydrogens (tertiary/aromatic N) is 3. The van der Waals surface area contributed by atoms with Crippen molar-refractivity contribution in [2.45, 2.75) is 91.1 Å². The number of rotatable bonds is 5. The largest absolute Gasteiger partial charge is 0.393 e. The van der Waals surface area contributed by atoms with E-state index in [1.165, 1.54) is 32.1 Å². The number of carbonyl (C=O) groups excluding carboxylic acids is 2. The molecule has 1 aromatic heterocycles. The van der Waals surface area contributed by atoms with E-state index in [0.29, 0.717) is 60.8 Å². The van der Waals surface area contributed by atoms with Crippen molar-refractivity contribution in [3.63, 3.8) is 0 Å². The van der Waals surface area contributed by atoms with E-state index < -0.39 is 0 Å². The van der Waals surface area contributed by atoms with Gasteiger partial charge in [-0.1, -0.05) is 32.4 Å². The first kappa shape index (κ1) is 27.9. The van der Waals surface area contributed by atoms with Crippen molar-refractivity contribution in [2.24, 2.45) is 40.4 Å². The highest BCUT2D eigenvalue weighted by atomic mass is 16.3. The number of aliphatic hydroxyl groups is 1. The number of allylic oxidation sites excluding steroid dienone is 1. The first-order valence-corrected chi connectivity index (χ1v) is 16.1. The van der Waals surface area contributed by atoms with Crippen LogP contribution in [0.1, 0.15) is 95.3 Å². The molecule has 218 valence electrons. The fourth-order valence-electron chi connectivity index (χ4n) is 10.2. The molecule has 1 unspecified atom stereocenters. The van der Waals surface area contributed by atoms with E-state index in [1.807, 2.05) is 9.80 Å². The van der Waals surface area contributed by atoms with E-state index in [-0.39, 0.29) is 17.9 Å². The summed E-state index contributed by atoms with van der Waals surface area (Å²) in [5.41, 5.74) is 2.86. The molecule has 4 fully saturated rings. The Hall–Kier alpha value is -2.21. The van der Waals surface area contributed by atoms with Gasteiger partial charge in [-0.25, -0.2) is 0 Å².